The lowest BCUT2D eigenvalue weighted by molar-refractivity contribution is 0.0979. The Morgan fingerprint density at radius 1 is 1.35 bits per heavy atom. The van der Waals surface area contributed by atoms with Gasteiger partial charge in [0.15, 0.2) is 0 Å². The zero-order valence-corrected chi connectivity index (χ0v) is 11.1. The lowest BCUT2D eigenvalue weighted by Gasteiger charge is -2.39. The minimum absolute atomic E-state index is 0.309. The van der Waals surface area contributed by atoms with Crippen molar-refractivity contribution in [3.05, 3.63) is 0 Å². The first-order chi connectivity index (χ1) is 7.95. The molecule has 4 heteroatoms. The molecule has 1 saturated carbocycles. The van der Waals surface area contributed by atoms with Gasteiger partial charge in [0, 0.05) is 19.5 Å². The zero-order chi connectivity index (χ0) is 12.5. The molecule has 0 bridgehead atoms. The molecule has 1 aliphatic carbocycles. The molecule has 1 heterocycles. The molecule has 0 spiro atoms. The fourth-order valence-corrected chi connectivity index (χ4v) is 3.14. The van der Waals surface area contributed by atoms with Gasteiger partial charge in [0.1, 0.15) is 5.84 Å². The quantitative estimate of drug-likeness (QED) is 0.341. The van der Waals surface area contributed by atoms with Crippen LogP contribution >= 0.6 is 0 Å². The summed E-state index contributed by atoms with van der Waals surface area (Å²) in [6.07, 6.45) is 5.82. The van der Waals surface area contributed by atoms with Crippen molar-refractivity contribution in [2.75, 3.05) is 19.6 Å². The summed E-state index contributed by atoms with van der Waals surface area (Å²) in [5.74, 6) is 0.388. The highest BCUT2D eigenvalue weighted by Gasteiger charge is 2.45. The van der Waals surface area contributed by atoms with Crippen LogP contribution in [0.4, 0.5) is 0 Å². The third-order valence-corrected chi connectivity index (χ3v) is 4.18. The van der Waals surface area contributed by atoms with Gasteiger partial charge in [-0.1, -0.05) is 19.0 Å². The molecule has 0 aromatic heterocycles. The van der Waals surface area contributed by atoms with E-state index in [0.717, 1.165) is 13.0 Å². The molecule has 0 unspecified atom stereocenters. The maximum absolute atomic E-state index is 8.66. The summed E-state index contributed by atoms with van der Waals surface area (Å²) in [5, 5.41) is 11.8. The van der Waals surface area contributed by atoms with Gasteiger partial charge in [-0.15, -0.1) is 0 Å². The molecule has 0 amide bonds. The highest BCUT2D eigenvalue weighted by molar-refractivity contribution is 5.80. The smallest absolute Gasteiger partial charge is 0.139 e. The number of amidine groups is 1. The van der Waals surface area contributed by atoms with Gasteiger partial charge < -0.3 is 15.8 Å². The molecular formula is C13H25N3O. The van der Waals surface area contributed by atoms with Crippen LogP contribution < -0.4 is 5.73 Å². The second-order valence-corrected chi connectivity index (χ2v) is 6.75. The third-order valence-electron chi connectivity index (χ3n) is 4.18. The highest BCUT2D eigenvalue weighted by Crippen LogP contribution is 2.50. The SMILES string of the molecule is CC1(C)CCCN(CC2(CC(N)=NO)CC2)C1. The summed E-state index contributed by atoms with van der Waals surface area (Å²) < 4.78 is 0. The second-order valence-electron chi connectivity index (χ2n) is 6.75. The van der Waals surface area contributed by atoms with Crippen LogP contribution in [0, 0.1) is 10.8 Å². The molecular weight excluding hydrogens is 214 g/mol. The molecule has 0 atom stereocenters. The van der Waals surface area contributed by atoms with Gasteiger partial charge in [-0.25, -0.2) is 0 Å². The topological polar surface area (TPSA) is 61.8 Å². The van der Waals surface area contributed by atoms with Crippen molar-refractivity contribution in [1.82, 2.24) is 4.90 Å². The molecule has 3 N–H and O–H groups in total. The molecule has 4 nitrogen and oxygen atoms in total. The summed E-state index contributed by atoms with van der Waals surface area (Å²) in [6, 6.07) is 0. The minimum atomic E-state index is 0.309. The Bertz CT molecular complexity index is 308. The van der Waals surface area contributed by atoms with E-state index in [9.17, 15) is 0 Å². The standard InChI is InChI=1S/C13H25N3O/c1-12(2)4-3-7-16(9-12)10-13(5-6-13)8-11(14)15-17/h17H,3-10H2,1-2H3,(H2,14,15). The van der Waals surface area contributed by atoms with Crippen molar-refractivity contribution in [3.63, 3.8) is 0 Å². The molecule has 1 aliphatic heterocycles. The maximum Gasteiger partial charge on any atom is 0.139 e. The van der Waals surface area contributed by atoms with Gasteiger partial charge >= 0.3 is 0 Å². The number of hydrogen-bond acceptors (Lipinski definition) is 3. The zero-order valence-electron chi connectivity index (χ0n) is 11.1. The van der Waals surface area contributed by atoms with Crippen LogP contribution in [0.5, 0.6) is 0 Å². The Balaban J connectivity index is 1.88. The number of piperidine rings is 1. The van der Waals surface area contributed by atoms with E-state index in [-0.39, 0.29) is 0 Å². The summed E-state index contributed by atoms with van der Waals surface area (Å²) in [6.45, 7) is 8.21. The summed E-state index contributed by atoms with van der Waals surface area (Å²) in [7, 11) is 0. The van der Waals surface area contributed by atoms with Crippen LogP contribution in [0.25, 0.3) is 0 Å². The van der Waals surface area contributed by atoms with E-state index < -0.39 is 0 Å². The van der Waals surface area contributed by atoms with Crippen molar-refractivity contribution < 1.29 is 5.21 Å². The van der Waals surface area contributed by atoms with Crippen LogP contribution in [0.3, 0.4) is 0 Å². The average Bonchev–Trinajstić information content (AvgIpc) is 2.96. The Morgan fingerprint density at radius 2 is 2.06 bits per heavy atom. The molecule has 2 fully saturated rings. The molecule has 0 aromatic carbocycles. The van der Waals surface area contributed by atoms with Crippen LogP contribution in [0.1, 0.15) is 46.0 Å². The Hall–Kier alpha value is -0.770. The fourth-order valence-electron chi connectivity index (χ4n) is 3.14. The van der Waals surface area contributed by atoms with Gasteiger partial charge in [0.2, 0.25) is 0 Å². The molecule has 98 valence electrons. The number of nitrogens with zero attached hydrogens (tertiary/aromatic N) is 2. The minimum Gasteiger partial charge on any atom is -0.409 e. The molecule has 1 saturated heterocycles. The summed E-state index contributed by atoms with van der Waals surface area (Å²) in [4.78, 5) is 2.57. The van der Waals surface area contributed by atoms with E-state index in [0.29, 0.717) is 16.7 Å². The van der Waals surface area contributed by atoms with Crippen molar-refractivity contribution in [3.8, 4) is 0 Å². The Labute approximate surface area is 104 Å². The molecule has 17 heavy (non-hydrogen) atoms. The van der Waals surface area contributed by atoms with E-state index in [1.54, 1.807) is 0 Å². The van der Waals surface area contributed by atoms with Crippen molar-refractivity contribution in [2.45, 2.75) is 46.0 Å². The molecule has 2 aliphatic rings. The lowest BCUT2D eigenvalue weighted by Crippen LogP contribution is -2.43. The average molecular weight is 239 g/mol. The van der Waals surface area contributed by atoms with E-state index in [1.807, 2.05) is 0 Å². The molecule has 0 aromatic rings. The normalized spacial score (nSPS) is 28.0. The number of likely N-dealkylation sites (tertiary alicyclic amines) is 1. The van der Waals surface area contributed by atoms with Crippen LogP contribution in [-0.4, -0.2) is 35.6 Å². The van der Waals surface area contributed by atoms with Gasteiger partial charge in [0.25, 0.3) is 0 Å². The van der Waals surface area contributed by atoms with E-state index in [2.05, 4.69) is 23.9 Å². The van der Waals surface area contributed by atoms with Gasteiger partial charge in [-0.2, -0.15) is 0 Å². The van der Waals surface area contributed by atoms with Crippen molar-refractivity contribution in [2.24, 2.45) is 21.7 Å². The van der Waals surface area contributed by atoms with Gasteiger partial charge in [-0.05, 0) is 43.1 Å². The molecule has 0 radical (unpaired) electrons. The summed E-state index contributed by atoms with van der Waals surface area (Å²) in [5.41, 5.74) is 6.40. The van der Waals surface area contributed by atoms with E-state index >= 15 is 0 Å². The van der Waals surface area contributed by atoms with Crippen molar-refractivity contribution in [1.29, 1.82) is 0 Å². The van der Waals surface area contributed by atoms with E-state index in [1.165, 1.54) is 38.8 Å². The van der Waals surface area contributed by atoms with E-state index in [4.69, 9.17) is 10.9 Å². The highest BCUT2D eigenvalue weighted by atomic mass is 16.4. The Kier molecular flexibility index (Phi) is 3.34. The monoisotopic (exact) mass is 239 g/mol. The maximum atomic E-state index is 8.66. The fraction of sp³-hybridized carbons (Fsp3) is 0.923. The first kappa shape index (κ1) is 12.7. The third kappa shape index (κ3) is 3.35. The number of nitrogens with two attached hydrogens (primary N) is 1. The number of oxime groups is 1. The number of rotatable bonds is 4. The first-order valence-corrected chi connectivity index (χ1v) is 6.64. The van der Waals surface area contributed by atoms with Crippen LogP contribution in [0.15, 0.2) is 5.16 Å². The lowest BCUT2D eigenvalue weighted by atomic mass is 9.83. The largest absolute Gasteiger partial charge is 0.409 e. The second kappa shape index (κ2) is 4.48. The predicted octanol–water partition coefficient (Wildman–Crippen LogP) is 2.03. The number of hydrogen-bond donors (Lipinski definition) is 2. The van der Waals surface area contributed by atoms with Crippen molar-refractivity contribution >= 4 is 5.84 Å². The Morgan fingerprint density at radius 3 is 2.59 bits per heavy atom. The first-order valence-electron chi connectivity index (χ1n) is 6.64. The van der Waals surface area contributed by atoms with Gasteiger partial charge in [0.05, 0.1) is 0 Å². The van der Waals surface area contributed by atoms with Gasteiger partial charge in [-0.3, -0.25) is 0 Å². The van der Waals surface area contributed by atoms with Crippen LogP contribution in [0.2, 0.25) is 0 Å². The predicted molar refractivity (Wildman–Crippen MR) is 69.1 cm³/mol. The summed E-state index contributed by atoms with van der Waals surface area (Å²) >= 11 is 0. The van der Waals surface area contributed by atoms with Crippen LogP contribution in [-0.2, 0) is 0 Å². The molecule has 2 rings (SSSR count).